The van der Waals surface area contributed by atoms with Crippen LogP contribution in [0.15, 0.2) is 48.5 Å². The first-order chi connectivity index (χ1) is 20.1. The number of nitrogens with zero attached hydrogens (tertiary/aromatic N) is 3. The van der Waals surface area contributed by atoms with E-state index < -0.39 is 35.3 Å². The summed E-state index contributed by atoms with van der Waals surface area (Å²) >= 11 is 0. The van der Waals surface area contributed by atoms with Gasteiger partial charge in [0.1, 0.15) is 12.3 Å². The maximum atomic E-state index is 16.0. The van der Waals surface area contributed by atoms with E-state index in [-0.39, 0.29) is 37.4 Å². The lowest BCUT2D eigenvalue weighted by atomic mass is 9.71. The summed E-state index contributed by atoms with van der Waals surface area (Å²) in [5.41, 5.74) is -0.320. The molecule has 2 aromatic rings. The Bertz CT molecular complexity index is 1390. The summed E-state index contributed by atoms with van der Waals surface area (Å²) in [6, 6.07) is 14.6. The van der Waals surface area contributed by atoms with Crippen LogP contribution in [-0.2, 0) is 31.2 Å². The summed E-state index contributed by atoms with van der Waals surface area (Å²) in [5, 5.41) is 9.76. The summed E-state index contributed by atoms with van der Waals surface area (Å²) in [7, 11) is 0. The van der Waals surface area contributed by atoms with Gasteiger partial charge in [-0.3, -0.25) is 14.5 Å². The van der Waals surface area contributed by atoms with Crippen LogP contribution in [-0.4, -0.2) is 72.0 Å². The molecule has 3 amide bonds. The summed E-state index contributed by atoms with van der Waals surface area (Å²) in [6.07, 6.45) is 0.245. The van der Waals surface area contributed by atoms with Crippen LogP contribution in [0.2, 0.25) is 0 Å². The fourth-order valence-electron chi connectivity index (χ4n) is 7.63. The number of carbonyl (C=O) groups excluding carboxylic acids is 3. The number of ether oxygens (including phenoxy) is 2. The van der Waals surface area contributed by atoms with Gasteiger partial charge in [-0.25, -0.2) is 9.18 Å². The van der Waals surface area contributed by atoms with E-state index in [0.717, 1.165) is 18.4 Å². The minimum absolute atomic E-state index is 0.0654. The van der Waals surface area contributed by atoms with Crippen LogP contribution in [0.4, 0.5) is 20.6 Å². The second-order valence-electron chi connectivity index (χ2n) is 12.4. The van der Waals surface area contributed by atoms with Gasteiger partial charge in [-0.05, 0) is 50.5 Å². The van der Waals surface area contributed by atoms with Crippen molar-refractivity contribution in [2.75, 3.05) is 36.1 Å². The first-order valence-electron chi connectivity index (χ1n) is 14.8. The summed E-state index contributed by atoms with van der Waals surface area (Å²) in [4.78, 5) is 45.0. The predicted octanol–water partition coefficient (Wildman–Crippen LogP) is 4.16. The average molecular weight is 580 g/mol. The fraction of sp³-hybridized carbons (Fsp3) is 0.531. The number of fused-ring (bicyclic) bond motifs is 2. The fourth-order valence-corrected chi connectivity index (χ4v) is 7.63. The van der Waals surface area contributed by atoms with Crippen molar-refractivity contribution in [3.63, 3.8) is 0 Å². The highest BCUT2D eigenvalue weighted by atomic mass is 19.1. The van der Waals surface area contributed by atoms with E-state index in [0.29, 0.717) is 36.6 Å². The Kier molecular flexibility index (Phi) is 7.25. The van der Waals surface area contributed by atoms with Crippen LogP contribution in [0.5, 0.6) is 0 Å². The largest absolute Gasteiger partial charge is 0.447 e. The number of hydrogen-bond donors (Lipinski definition) is 1. The number of para-hydroxylation sites is 1. The number of aliphatic hydroxyl groups excluding tert-OH is 1. The lowest BCUT2D eigenvalue weighted by Crippen LogP contribution is -2.45. The van der Waals surface area contributed by atoms with Crippen molar-refractivity contribution in [2.45, 2.75) is 70.0 Å². The van der Waals surface area contributed by atoms with Gasteiger partial charge in [0.15, 0.2) is 5.60 Å². The van der Waals surface area contributed by atoms with Gasteiger partial charge in [-0.1, -0.05) is 37.3 Å². The van der Waals surface area contributed by atoms with Crippen molar-refractivity contribution in [3.8, 4) is 0 Å². The van der Waals surface area contributed by atoms with E-state index in [4.69, 9.17) is 9.47 Å². The number of likely N-dealkylation sites (tertiary alicyclic amines) is 1. The van der Waals surface area contributed by atoms with Crippen LogP contribution >= 0.6 is 0 Å². The van der Waals surface area contributed by atoms with Gasteiger partial charge in [0, 0.05) is 29.6 Å². The number of hydrogen-bond acceptors (Lipinski definition) is 6. The molecular weight excluding hydrogens is 541 g/mol. The first-order valence-corrected chi connectivity index (χ1v) is 14.8. The summed E-state index contributed by atoms with van der Waals surface area (Å²) < 4.78 is 27.7. The van der Waals surface area contributed by atoms with E-state index in [9.17, 15) is 19.5 Å². The van der Waals surface area contributed by atoms with Crippen LogP contribution in [0.25, 0.3) is 0 Å². The maximum Gasteiger partial charge on any atom is 0.414 e. The van der Waals surface area contributed by atoms with E-state index in [1.807, 2.05) is 55.5 Å². The number of aliphatic hydroxyl groups is 1. The van der Waals surface area contributed by atoms with Crippen molar-refractivity contribution in [1.82, 2.24) is 4.90 Å². The third-order valence-electron chi connectivity index (χ3n) is 9.48. The van der Waals surface area contributed by atoms with Crippen molar-refractivity contribution >= 4 is 29.3 Å². The number of cyclic esters (lactones) is 1. The van der Waals surface area contributed by atoms with Crippen LogP contribution in [0, 0.1) is 11.8 Å². The summed E-state index contributed by atoms with van der Waals surface area (Å²) in [6.45, 7) is 6.26. The molecule has 9 nitrogen and oxygen atoms in total. The highest BCUT2D eigenvalue weighted by Gasteiger charge is 2.66. The number of anilines is 2. The van der Waals surface area contributed by atoms with Crippen molar-refractivity contribution in [2.24, 2.45) is 11.8 Å². The number of benzene rings is 2. The molecule has 1 spiro atoms. The Morgan fingerprint density at radius 2 is 1.93 bits per heavy atom. The lowest BCUT2D eigenvalue weighted by molar-refractivity contribution is -0.150. The number of rotatable bonds is 7. The van der Waals surface area contributed by atoms with E-state index in [2.05, 4.69) is 0 Å². The minimum Gasteiger partial charge on any atom is -0.447 e. The molecule has 0 aromatic heterocycles. The molecule has 4 aliphatic heterocycles. The molecule has 10 heteroatoms. The molecule has 0 saturated carbocycles. The van der Waals surface area contributed by atoms with Crippen LogP contribution in [0.3, 0.4) is 0 Å². The Hall–Kier alpha value is -3.50. The molecule has 0 unspecified atom stereocenters. The van der Waals surface area contributed by atoms with E-state index >= 15 is 4.39 Å². The van der Waals surface area contributed by atoms with Gasteiger partial charge in [0.2, 0.25) is 5.91 Å². The molecule has 0 aliphatic carbocycles. The normalized spacial score (nSPS) is 29.1. The Balaban J connectivity index is 1.33. The van der Waals surface area contributed by atoms with E-state index in [1.54, 1.807) is 14.7 Å². The quantitative estimate of drug-likeness (QED) is 0.529. The monoisotopic (exact) mass is 579 g/mol. The smallest absolute Gasteiger partial charge is 0.414 e. The number of amides is 3. The minimum atomic E-state index is -1.73. The molecule has 5 atom stereocenters. The van der Waals surface area contributed by atoms with Crippen LogP contribution in [0.1, 0.15) is 51.2 Å². The summed E-state index contributed by atoms with van der Waals surface area (Å²) in [5.74, 6) is -1.77. The van der Waals surface area contributed by atoms with E-state index in [1.165, 1.54) is 13.8 Å². The highest BCUT2D eigenvalue weighted by molar-refractivity contribution is 6.07. The Labute approximate surface area is 245 Å². The molecule has 3 fully saturated rings. The first kappa shape index (κ1) is 28.6. The zero-order valence-electron chi connectivity index (χ0n) is 24.3. The molecule has 3 saturated heterocycles. The Morgan fingerprint density at radius 1 is 1.14 bits per heavy atom. The van der Waals surface area contributed by atoms with Crippen molar-refractivity contribution in [3.05, 3.63) is 59.7 Å². The molecule has 42 heavy (non-hydrogen) atoms. The molecule has 4 heterocycles. The molecule has 2 aromatic carbocycles. The third-order valence-corrected chi connectivity index (χ3v) is 9.48. The zero-order chi connectivity index (χ0) is 29.8. The van der Waals surface area contributed by atoms with Gasteiger partial charge >= 0.3 is 6.09 Å². The SMILES string of the molecule is C[C@@H]1[C@@H](C(C)(C)F)[C@H](CC(=O)N2CCC[C@H]2CO)O[C@@]12C(=O)N(Cc1cccc(N3CCOC3=O)c1)c1ccccc12. The predicted molar refractivity (Wildman–Crippen MR) is 154 cm³/mol. The number of carbonyl (C=O) groups is 3. The molecule has 0 radical (unpaired) electrons. The second kappa shape index (κ2) is 10.6. The lowest BCUT2D eigenvalue weighted by Gasteiger charge is -2.32. The number of alkyl halides is 1. The van der Waals surface area contributed by atoms with Gasteiger partial charge in [0.05, 0.1) is 44.0 Å². The molecular formula is C32H38FN3O6. The number of halogens is 1. The molecule has 4 aliphatic rings. The molecule has 224 valence electrons. The topological polar surface area (TPSA) is 99.6 Å². The zero-order valence-corrected chi connectivity index (χ0v) is 24.3. The maximum absolute atomic E-state index is 16.0. The Morgan fingerprint density at radius 3 is 2.64 bits per heavy atom. The van der Waals surface area contributed by atoms with Gasteiger partial charge in [-0.15, -0.1) is 0 Å². The van der Waals surface area contributed by atoms with Crippen LogP contribution < -0.4 is 9.80 Å². The highest BCUT2D eigenvalue weighted by Crippen LogP contribution is 2.58. The average Bonchev–Trinajstić information content (AvgIpc) is 3.72. The second-order valence-corrected chi connectivity index (χ2v) is 12.4. The molecule has 0 bridgehead atoms. The van der Waals surface area contributed by atoms with Gasteiger partial charge in [-0.2, -0.15) is 0 Å². The molecule has 1 N–H and O–H groups in total. The third kappa shape index (κ3) is 4.55. The molecule has 6 rings (SSSR count). The standard InChI is InChI=1S/C32H38FN3O6/c1-20-28(31(2,3)33)26(17-27(38)34-13-7-10-23(34)19-37)42-32(20)24-11-4-5-12-25(24)36(29(32)39)18-21-8-6-9-22(16-21)35-14-15-41-30(35)40/h4-6,8-9,11-12,16,20,23,26,28,37H,7,10,13-15,17-19H2,1-3H3/t20-,23+,26+,28-,32+/m1/s1. The van der Waals surface area contributed by atoms with Gasteiger partial charge in [0.25, 0.3) is 5.91 Å². The van der Waals surface area contributed by atoms with Gasteiger partial charge < -0.3 is 24.4 Å². The van der Waals surface area contributed by atoms with Crippen molar-refractivity contribution in [1.29, 1.82) is 0 Å². The van der Waals surface area contributed by atoms with Crippen molar-refractivity contribution < 1.29 is 33.4 Å².